The second-order valence-electron chi connectivity index (χ2n) is 5.57. The van der Waals surface area contributed by atoms with Crippen LogP contribution >= 0.6 is 0 Å². The molecule has 0 radical (unpaired) electrons. The van der Waals surface area contributed by atoms with Crippen LogP contribution in [0.3, 0.4) is 0 Å². The van der Waals surface area contributed by atoms with Gasteiger partial charge in [-0.05, 0) is 26.0 Å². The lowest BCUT2D eigenvalue weighted by Crippen LogP contribution is -2.14. The first-order valence-corrected chi connectivity index (χ1v) is 7.42. The van der Waals surface area contributed by atoms with E-state index in [0.29, 0.717) is 5.82 Å². The van der Waals surface area contributed by atoms with E-state index < -0.39 is 12.0 Å². The molecule has 0 unspecified atom stereocenters. The standard InChI is InChI=1S/C17H15FN6O/c1-10-3-11(2)5-12(4-10)16-22-9-24(23-16)8-14(15(19)25)13-6-20-17(18)21-7-13/h3-9H,1-2H3,(H2,19,25). The largest absolute Gasteiger partial charge is 0.366 e. The number of aromatic nitrogens is 5. The lowest BCUT2D eigenvalue weighted by atomic mass is 10.1. The number of aryl methyl sites for hydroxylation is 2. The normalized spacial score (nSPS) is 11.6. The Labute approximate surface area is 143 Å². The van der Waals surface area contributed by atoms with Crippen molar-refractivity contribution in [3.8, 4) is 11.4 Å². The molecule has 7 nitrogen and oxygen atoms in total. The van der Waals surface area contributed by atoms with E-state index in [1.807, 2.05) is 26.0 Å². The van der Waals surface area contributed by atoms with Crippen molar-refractivity contribution in [2.45, 2.75) is 13.8 Å². The quantitative estimate of drug-likeness (QED) is 0.579. The fraction of sp³-hybridized carbons (Fsp3) is 0.118. The average molecular weight is 338 g/mol. The molecule has 1 aromatic carbocycles. The summed E-state index contributed by atoms with van der Waals surface area (Å²) in [6, 6.07) is 6.00. The third-order valence-electron chi connectivity index (χ3n) is 3.45. The molecule has 2 N–H and O–H groups in total. The number of amides is 1. The van der Waals surface area contributed by atoms with E-state index in [2.05, 4.69) is 26.1 Å². The van der Waals surface area contributed by atoms with Crippen molar-refractivity contribution in [3.05, 3.63) is 59.7 Å². The third kappa shape index (κ3) is 3.74. The van der Waals surface area contributed by atoms with Crippen LogP contribution in [0.5, 0.6) is 0 Å². The van der Waals surface area contributed by atoms with Crippen LogP contribution < -0.4 is 5.73 Å². The van der Waals surface area contributed by atoms with Gasteiger partial charge in [0, 0.05) is 29.7 Å². The SMILES string of the molecule is Cc1cc(C)cc(-c2ncn(C=C(C(N)=O)c3cnc(F)nc3)n2)c1. The lowest BCUT2D eigenvalue weighted by molar-refractivity contribution is -0.112. The van der Waals surface area contributed by atoms with Gasteiger partial charge < -0.3 is 5.73 Å². The molecule has 0 aliphatic carbocycles. The monoisotopic (exact) mass is 338 g/mol. The summed E-state index contributed by atoms with van der Waals surface area (Å²) in [6.07, 6.45) is 4.34. The smallest absolute Gasteiger partial charge is 0.308 e. The highest BCUT2D eigenvalue weighted by Crippen LogP contribution is 2.19. The Morgan fingerprint density at radius 1 is 1.12 bits per heavy atom. The van der Waals surface area contributed by atoms with Gasteiger partial charge in [0.2, 0.25) is 0 Å². The summed E-state index contributed by atoms with van der Waals surface area (Å²) < 4.78 is 14.2. The van der Waals surface area contributed by atoms with Gasteiger partial charge in [-0.2, -0.15) is 4.39 Å². The topological polar surface area (TPSA) is 99.6 Å². The zero-order valence-corrected chi connectivity index (χ0v) is 13.6. The number of nitrogens with zero attached hydrogens (tertiary/aromatic N) is 5. The number of carbonyl (C=O) groups excluding carboxylic acids is 1. The van der Waals surface area contributed by atoms with Crippen molar-refractivity contribution in [2.24, 2.45) is 5.73 Å². The molecular weight excluding hydrogens is 323 g/mol. The van der Waals surface area contributed by atoms with Crippen LogP contribution in [0.1, 0.15) is 16.7 Å². The van der Waals surface area contributed by atoms with E-state index in [9.17, 15) is 9.18 Å². The Morgan fingerprint density at radius 3 is 2.36 bits per heavy atom. The molecule has 3 aromatic rings. The first-order chi connectivity index (χ1) is 11.9. The maximum Gasteiger partial charge on any atom is 0.308 e. The molecular formula is C17H15FN6O. The molecule has 126 valence electrons. The molecule has 0 saturated carbocycles. The summed E-state index contributed by atoms with van der Waals surface area (Å²) in [7, 11) is 0. The molecule has 0 atom stereocenters. The first kappa shape index (κ1) is 16.4. The number of hydrogen-bond acceptors (Lipinski definition) is 5. The maximum atomic E-state index is 12.8. The van der Waals surface area contributed by atoms with Gasteiger partial charge in [-0.15, -0.1) is 5.10 Å². The number of hydrogen-bond donors (Lipinski definition) is 1. The number of rotatable bonds is 4. The van der Waals surface area contributed by atoms with E-state index in [-0.39, 0.29) is 11.1 Å². The van der Waals surface area contributed by atoms with Gasteiger partial charge in [-0.3, -0.25) is 4.79 Å². The highest BCUT2D eigenvalue weighted by Gasteiger charge is 2.12. The Hall–Kier alpha value is -3.42. The van der Waals surface area contributed by atoms with Crippen LogP contribution in [-0.2, 0) is 4.79 Å². The summed E-state index contributed by atoms with van der Waals surface area (Å²) in [5, 5.41) is 4.33. The van der Waals surface area contributed by atoms with Gasteiger partial charge in [0.1, 0.15) is 6.33 Å². The van der Waals surface area contributed by atoms with Gasteiger partial charge in [0.25, 0.3) is 5.91 Å². The summed E-state index contributed by atoms with van der Waals surface area (Å²) in [6.45, 7) is 3.99. The number of benzene rings is 1. The minimum atomic E-state index is -0.884. The van der Waals surface area contributed by atoms with Crippen molar-refractivity contribution in [1.29, 1.82) is 0 Å². The molecule has 25 heavy (non-hydrogen) atoms. The van der Waals surface area contributed by atoms with Crippen LogP contribution in [0.4, 0.5) is 4.39 Å². The molecule has 0 aliphatic rings. The molecule has 0 bridgehead atoms. The molecule has 0 aliphatic heterocycles. The van der Waals surface area contributed by atoms with E-state index in [0.717, 1.165) is 16.7 Å². The second-order valence-corrected chi connectivity index (χ2v) is 5.57. The zero-order valence-electron chi connectivity index (χ0n) is 13.6. The number of carbonyl (C=O) groups is 1. The molecule has 1 amide bonds. The van der Waals surface area contributed by atoms with Crippen molar-refractivity contribution in [1.82, 2.24) is 24.7 Å². The molecule has 0 saturated heterocycles. The van der Waals surface area contributed by atoms with Crippen molar-refractivity contribution < 1.29 is 9.18 Å². The van der Waals surface area contributed by atoms with Crippen molar-refractivity contribution in [2.75, 3.05) is 0 Å². The van der Waals surface area contributed by atoms with Gasteiger partial charge in [0.15, 0.2) is 5.82 Å². The Bertz CT molecular complexity index is 941. The highest BCUT2D eigenvalue weighted by atomic mass is 19.1. The van der Waals surface area contributed by atoms with Gasteiger partial charge in [0.05, 0.1) is 5.57 Å². The Balaban J connectivity index is 1.98. The summed E-state index contributed by atoms with van der Waals surface area (Å²) >= 11 is 0. The number of nitrogens with two attached hydrogens (primary N) is 1. The van der Waals surface area contributed by atoms with Gasteiger partial charge in [-0.25, -0.2) is 19.6 Å². The summed E-state index contributed by atoms with van der Waals surface area (Å²) in [4.78, 5) is 22.8. The fourth-order valence-electron chi connectivity index (χ4n) is 2.44. The summed E-state index contributed by atoms with van der Waals surface area (Å²) in [5.74, 6) is -0.194. The van der Waals surface area contributed by atoms with E-state index in [1.165, 1.54) is 29.6 Å². The fourth-order valence-corrected chi connectivity index (χ4v) is 2.44. The predicted molar refractivity (Wildman–Crippen MR) is 90.3 cm³/mol. The van der Waals surface area contributed by atoms with Gasteiger partial charge in [-0.1, -0.05) is 17.2 Å². The predicted octanol–water partition coefficient (Wildman–Crippen LogP) is 1.97. The lowest BCUT2D eigenvalue weighted by Gasteiger charge is -2.03. The zero-order chi connectivity index (χ0) is 18.0. The molecule has 8 heteroatoms. The Morgan fingerprint density at radius 2 is 1.76 bits per heavy atom. The maximum absolute atomic E-state index is 12.8. The molecule has 0 spiro atoms. The highest BCUT2D eigenvalue weighted by molar-refractivity contribution is 6.22. The van der Waals surface area contributed by atoms with Crippen molar-refractivity contribution in [3.63, 3.8) is 0 Å². The van der Waals surface area contributed by atoms with Crippen LogP contribution in [0, 0.1) is 19.9 Å². The molecule has 2 heterocycles. The number of primary amides is 1. The molecule has 3 rings (SSSR count). The number of halogens is 1. The molecule has 2 aromatic heterocycles. The minimum Gasteiger partial charge on any atom is -0.366 e. The van der Waals surface area contributed by atoms with Crippen molar-refractivity contribution >= 4 is 17.7 Å². The third-order valence-corrected chi connectivity index (χ3v) is 3.45. The first-order valence-electron chi connectivity index (χ1n) is 7.42. The van der Waals surface area contributed by atoms with E-state index >= 15 is 0 Å². The van der Waals surface area contributed by atoms with Crippen LogP contribution in [0.2, 0.25) is 0 Å². The van der Waals surface area contributed by atoms with E-state index in [1.54, 1.807) is 0 Å². The Kier molecular flexibility index (Phi) is 4.34. The second kappa shape index (κ2) is 6.60. The minimum absolute atomic E-state index is 0.0943. The summed E-state index contributed by atoms with van der Waals surface area (Å²) in [5.41, 5.74) is 8.85. The van der Waals surface area contributed by atoms with Crippen LogP contribution in [0.15, 0.2) is 36.9 Å². The average Bonchev–Trinajstić information content (AvgIpc) is 3.01. The van der Waals surface area contributed by atoms with Gasteiger partial charge >= 0.3 is 6.08 Å². The van der Waals surface area contributed by atoms with E-state index in [4.69, 9.17) is 5.73 Å². The van der Waals surface area contributed by atoms with Crippen LogP contribution in [0.25, 0.3) is 23.2 Å². The molecule has 0 fully saturated rings. The van der Waals surface area contributed by atoms with Crippen LogP contribution in [-0.4, -0.2) is 30.6 Å².